The number of aliphatic imine (C=N–C) groups is 1. The predicted octanol–water partition coefficient (Wildman–Crippen LogP) is 3.90. The quantitative estimate of drug-likeness (QED) is 0.864. The number of aryl methyl sites for hydroxylation is 2. The van der Waals surface area contributed by atoms with Crippen molar-refractivity contribution in [3.05, 3.63) is 46.8 Å². The van der Waals surface area contributed by atoms with Crippen molar-refractivity contribution in [2.75, 3.05) is 7.11 Å². The molecule has 1 aromatic heterocycles. The molecule has 0 fully saturated rings. The second kappa shape index (κ2) is 4.43. The van der Waals surface area contributed by atoms with Gasteiger partial charge in [-0.1, -0.05) is 0 Å². The summed E-state index contributed by atoms with van der Waals surface area (Å²) in [5.41, 5.74) is 6.77. The fraction of sp³-hybridized carbons (Fsp3) is 0.188. The molecule has 1 aromatic carbocycles. The third kappa shape index (κ3) is 2.08. The highest BCUT2D eigenvalue weighted by Gasteiger charge is 2.13. The number of aromatic nitrogens is 1. The van der Waals surface area contributed by atoms with Crippen LogP contribution in [-0.4, -0.2) is 18.3 Å². The molecule has 0 atom stereocenters. The van der Waals surface area contributed by atoms with E-state index >= 15 is 0 Å². The van der Waals surface area contributed by atoms with E-state index in [1.807, 2.05) is 24.4 Å². The fourth-order valence-electron chi connectivity index (χ4n) is 2.36. The van der Waals surface area contributed by atoms with E-state index in [-0.39, 0.29) is 0 Å². The molecule has 0 spiro atoms. The molecular weight excluding hydrogens is 236 g/mol. The van der Waals surface area contributed by atoms with Gasteiger partial charge in [0.15, 0.2) is 0 Å². The Labute approximate surface area is 112 Å². The summed E-state index contributed by atoms with van der Waals surface area (Å²) in [5.74, 6) is 0.856. The first-order valence-electron chi connectivity index (χ1n) is 6.28. The predicted molar refractivity (Wildman–Crippen MR) is 79.3 cm³/mol. The Bertz CT molecular complexity index is 693. The first kappa shape index (κ1) is 11.8. The first-order chi connectivity index (χ1) is 9.17. The van der Waals surface area contributed by atoms with Crippen molar-refractivity contribution >= 4 is 23.6 Å². The number of nitrogens with one attached hydrogen (secondary N) is 1. The zero-order chi connectivity index (χ0) is 13.4. The lowest BCUT2D eigenvalue weighted by Crippen LogP contribution is -1.86. The minimum atomic E-state index is 0.856. The maximum absolute atomic E-state index is 5.28. The molecule has 2 heterocycles. The van der Waals surface area contributed by atoms with Crippen LogP contribution in [0.5, 0.6) is 5.75 Å². The van der Waals surface area contributed by atoms with Crippen molar-refractivity contribution in [3.8, 4) is 5.75 Å². The van der Waals surface area contributed by atoms with E-state index in [4.69, 9.17) is 4.74 Å². The number of aromatic amines is 1. The lowest BCUT2D eigenvalue weighted by molar-refractivity contribution is 0.415. The fourth-order valence-corrected chi connectivity index (χ4v) is 2.36. The molecule has 0 saturated heterocycles. The van der Waals surface area contributed by atoms with Crippen molar-refractivity contribution in [2.45, 2.75) is 13.8 Å². The number of benzene rings is 1. The molecule has 1 aliphatic heterocycles. The van der Waals surface area contributed by atoms with Gasteiger partial charge >= 0.3 is 0 Å². The van der Waals surface area contributed by atoms with Gasteiger partial charge in [0.05, 0.1) is 12.8 Å². The Morgan fingerprint density at radius 1 is 1.21 bits per heavy atom. The van der Waals surface area contributed by atoms with Crippen molar-refractivity contribution in [3.63, 3.8) is 0 Å². The van der Waals surface area contributed by atoms with Crippen LogP contribution < -0.4 is 4.74 Å². The Morgan fingerprint density at radius 3 is 2.74 bits per heavy atom. The van der Waals surface area contributed by atoms with E-state index in [0.29, 0.717) is 0 Å². The summed E-state index contributed by atoms with van der Waals surface area (Å²) in [6.07, 6.45) is 4.04. The summed E-state index contributed by atoms with van der Waals surface area (Å²) in [6.45, 7) is 4.17. The Hall–Kier alpha value is -2.29. The van der Waals surface area contributed by atoms with Gasteiger partial charge in [-0.05, 0) is 49.8 Å². The lowest BCUT2D eigenvalue weighted by atomic mass is 10.0. The van der Waals surface area contributed by atoms with Gasteiger partial charge in [0.1, 0.15) is 5.75 Å². The van der Waals surface area contributed by atoms with E-state index in [9.17, 15) is 0 Å². The molecule has 1 aliphatic rings. The largest absolute Gasteiger partial charge is 0.497 e. The highest BCUT2D eigenvalue weighted by Crippen LogP contribution is 2.35. The molecule has 0 bridgehead atoms. The van der Waals surface area contributed by atoms with Crippen LogP contribution in [0, 0.1) is 13.8 Å². The third-order valence-corrected chi connectivity index (χ3v) is 3.35. The van der Waals surface area contributed by atoms with Crippen LogP contribution in [0.1, 0.15) is 22.5 Å². The number of nitrogens with zero attached hydrogens (tertiary/aromatic N) is 1. The van der Waals surface area contributed by atoms with Crippen LogP contribution in [0.3, 0.4) is 0 Å². The van der Waals surface area contributed by atoms with Crippen LogP contribution in [0.15, 0.2) is 29.3 Å². The maximum Gasteiger partial charge on any atom is 0.119 e. The molecule has 2 aromatic rings. The highest BCUT2D eigenvalue weighted by molar-refractivity contribution is 6.21. The second-order valence-electron chi connectivity index (χ2n) is 4.79. The van der Waals surface area contributed by atoms with Crippen LogP contribution >= 0.6 is 0 Å². The summed E-state index contributed by atoms with van der Waals surface area (Å²) < 4.78 is 5.28. The smallest absolute Gasteiger partial charge is 0.119 e. The average Bonchev–Trinajstić information content (AvgIpc) is 2.93. The molecule has 0 radical (unpaired) electrons. The van der Waals surface area contributed by atoms with Crippen LogP contribution in [-0.2, 0) is 0 Å². The topological polar surface area (TPSA) is 37.4 Å². The van der Waals surface area contributed by atoms with E-state index < -0.39 is 0 Å². The molecule has 0 saturated carbocycles. The molecule has 1 N–H and O–H groups in total. The van der Waals surface area contributed by atoms with Crippen molar-refractivity contribution in [1.29, 1.82) is 0 Å². The number of hydrogen-bond acceptors (Lipinski definition) is 2. The SMILES string of the molecule is COc1ccc2c(c1)C(=Cc1[nH]c(C)cc1C)C=N2. The number of rotatable bonds is 2. The second-order valence-corrected chi connectivity index (χ2v) is 4.79. The van der Waals surface area contributed by atoms with Crippen molar-refractivity contribution in [2.24, 2.45) is 4.99 Å². The summed E-state index contributed by atoms with van der Waals surface area (Å²) in [4.78, 5) is 7.79. The summed E-state index contributed by atoms with van der Waals surface area (Å²) in [7, 11) is 1.68. The van der Waals surface area contributed by atoms with Gasteiger partial charge in [-0.25, -0.2) is 0 Å². The average molecular weight is 252 g/mol. The normalized spacial score (nSPS) is 15.0. The van der Waals surface area contributed by atoms with E-state index in [1.165, 1.54) is 11.3 Å². The summed E-state index contributed by atoms with van der Waals surface area (Å²) >= 11 is 0. The molecule has 96 valence electrons. The maximum atomic E-state index is 5.28. The minimum absolute atomic E-state index is 0.856. The van der Waals surface area contributed by atoms with Gasteiger partial charge in [0, 0.05) is 28.7 Å². The van der Waals surface area contributed by atoms with Gasteiger partial charge < -0.3 is 9.72 Å². The number of allylic oxidation sites excluding steroid dienone is 1. The molecule has 3 nitrogen and oxygen atoms in total. The number of fused-ring (bicyclic) bond motifs is 1. The van der Waals surface area contributed by atoms with E-state index in [0.717, 1.165) is 28.3 Å². The summed E-state index contributed by atoms with van der Waals surface area (Å²) in [5, 5.41) is 0. The van der Waals surface area contributed by atoms with Crippen molar-refractivity contribution < 1.29 is 4.74 Å². The Kier molecular flexibility index (Phi) is 2.75. The van der Waals surface area contributed by atoms with Gasteiger partial charge in [0.2, 0.25) is 0 Å². The van der Waals surface area contributed by atoms with Gasteiger partial charge in [-0.15, -0.1) is 0 Å². The lowest BCUT2D eigenvalue weighted by Gasteiger charge is -2.04. The van der Waals surface area contributed by atoms with Crippen LogP contribution in [0.2, 0.25) is 0 Å². The monoisotopic (exact) mass is 252 g/mol. The molecule has 3 heteroatoms. The number of H-pyrrole nitrogens is 1. The number of hydrogen-bond donors (Lipinski definition) is 1. The molecule has 19 heavy (non-hydrogen) atoms. The van der Waals surface area contributed by atoms with Crippen LogP contribution in [0.4, 0.5) is 5.69 Å². The van der Waals surface area contributed by atoms with E-state index in [1.54, 1.807) is 7.11 Å². The zero-order valence-electron chi connectivity index (χ0n) is 11.3. The first-order valence-corrected chi connectivity index (χ1v) is 6.28. The number of ether oxygens (including phenoxy) is 1. The van der Waals surface area contributed by atoms with Gasteiger partial charge in [-0.2, -0.15) is 0 Å². The number of methoxy groups -OCH3 is 1. The van der Waals surface area contributed by atoms with Crippen LogP contribution in [0.25, 0.3) is 11.6 Å². The molecule has 3 rings (SSSR count). The van der Waals surface area contributed by atoms with Crippen molar-refractivity contribution in [1.82, 2.24) is 4.98 Å². The zero-order valence-corrected chi connectivity index (χ0v) is 11.3. The Morgan fingerprint density at radius 2 is 2.05 bits per heavy atom. The minimum Gasteiger partial charge on any atom is -0.497 e. The molecular formula is C16H16N2O. The molecule has 0 aliphatic carbocycles. The molecule has 0 amide bonds. The summed E-state index contributed by atoms with van der Waals surface area (Å²) in [6, 6.07) is 8.09. The van der Waals surface area contributed by atoms with E-state index in [2.05, 4.69) is 36.0 Å². The Balaban J connectivity index is 2.06. The van der Waals surface area contributed by atoms with Gasteiger partial charge in [-0.3, -0.25) is 4.99 Å². The standard InChI is InChI=1S/C16H16N2O/c1-10-6-11(2)18-16(10)7-12-9-17-15-5-4-13(19-3)8-14(12)15/h4-9,18H,1-3H3. The third-order valence-electron chi connectivity index (χ3n) is 3.35. The van der Waals surface area contributed by atoms with Gasteiger partial charge in [0.25, 0.3) is 0 Å². The highest BCUT2D eigenvalue weighted by atomic mass is 16.5. The molecule has 0 unspecified atom stereocenters.